The number of hydrogen-bond donors (Lipinski definition) is 1. The van der Waals surface area contributed by atoms with Gasteiger partial charge in [0.2, 0.25) is 0 Å². The molecule has 1 aromatic heterocycles. The van der Waals surface area contributed by atoms with E-state index in [0.29, 0.717) is 22.9 Å². The van der Waals surface area contributed by atoms with Crippen molar-refractivity contribution >= 4 is 23.1 Å². The topological polar surface area (TPSA) is 81.9 Å². The average molecular weight is 355 g/mol. The normalized spacial score (nSPS) is 12.4. The number of nitriles is 1. The summed E-state index contributed by atoms with van der Waals surface area (Å²) >= 11 is 0. The molecule has 0 bridgehead atoms. The molecule has 4 rings (SSSR count). The van der Waals surface area contributed by atoms with Crippen molar-refractivity contribution < 1.29 is 4.79 Å². The van der Waals surface area contributed by atoms with Crippen molar-refractivity contribution in [2.75, 3.05) is 16.8 Å². The molecule has 27 heavy (non-hydrogen) atoms. The molecule has 6 heteroatoms. The number of anilines is 3. The first-order valence-electron chi connectivity index (χ1n) is 8.67. The molecule has 2 heterocycles. The Kier molecular flexibility index (Phi) is 4.27. The van der Waals surface area contributed by atoms with Gasteiger partial charge in [-0.3, -0.25) is 4.79 Å². The van der Waals surface area contributed by atoms with E-state index >= 15 is 0 Å². The van der Waals surface area contributed by atoms with Gasteiger partial charge in [0.15, 0.2) is 0 Å². The minimum absolute atomic E-state index is 0.273. The van der Waals surface area contributed by atoms with E-state index in [1.54, 1.807) is 37.3 Å². The maximum absolute atomic E-state index is 12.7. The molecule has 1 aliphatic heterocycles. The summed E-state index contributed by atoms with van der Waals surface area (Å²) in [6.45, 7) is 2.58. The van der Waals surface area contributed by atoms with Gasteiger partial charge in [0.25, 0.3) is 5.91 Å². The first-order chi connectivity index (χ1) is 13.2. The van der Waals surface area contributed by atoms with Crippen molar-refractivity contribution in [3.05, 3.63) is 77.2 Å². The van der Waals surface area contributed by atoms with Crippen LogP contribution in [-0.2, 0) is 6.42 Å². The number of hydrogen-bond acceptors (Lipinski definition) is 5. The summed E-state index contributed by atoms with van der Waals surface area (Å²) in [5.74, 6) is 0.860. The van der Waals surface area contributed by atoms with Crippen molar-refractivity contribution in [3.8, 4) is 6.07 Å². The summed E-state index contributed by atoms with van der Waals surface area (Å²) in [6, 6.07) is 18.8. The van der Waals surface area contributed by atoms with Crippen LogP contribution in [0.5, 0.6) is 0 Å². The number of fused-ring (bicyclic) bond motifs is 1. The van der Waals surface area contributed by atoms with Gasteiger partial charge >= 0.3 is 0 Å². The Labute approximate surface area is 157 Å². The van der Waals surface area contributed by atoms with Crippen LogP contribution in [0.4, 0.5) is 17.2 Å². The molecule has 0 unspecified atom stereocenters. The number of aryl methyl sites for hydroxylation is 1. The minimum Gasteiger partial charge on any atom is -0.326 e. The van der Waals surface area contributed by atoms with Crippen molar-refractivity contribution in [1.29, 1.82) is 5.26 Å². The Hall–Kier alpha value is -3.72. The third kappa shape index (κ3) is 3.23. The quantitative estimate of drug-likeness (QED) is 0.776. The maximum Gasteiger partial charge on any atom is 0.274 e. The highest BCUT2D eigenvalue weighted by Crippen LogP contribution is 2.33. The smallest absolute Gasteiger partial charge is 0.274 e. The molecule has 0 fully saturated rings. The standard InChI is InChI=1S/C21H17N5O/c1-14-23-18(21(27)25-17-8-4-2-7-16(17)13-22)12-20(24-14)26-11-10-15-6-3-5-9-19(15)26/h2-9,12H,10-11H2,1H3,(H,25,27). The molecule has 1 aliphatic rings. The summed E-state index contributed by atoms with van der Waals surface area (Å²) in [5, 5.41) is 12.0. The monoisotopic (exact) mass is 355 g/mol. The zero-order chi connectivity index (χ0) is 18.8. The molecule has 2 aromatic carbocycles. The fourth-order valence-corrected chi connectivity index (χ4v) is 3.26. The molecule has 1 amide bonds. The maximum atomic E-state index is 12.7. The first-order valence-corrected chi connectivity index (χ1v) is 8.67. The molecule has 0 saturated heterocycles. The molecule has 0 atom stereocenters. The summed E-state index contributed by atoms with van der Waals surface area (Å²) in [5.41, 5.74) is 3.52. The van der Waals surface area contributed by atoms with Crippen molar-refractivity contribution in [2.45, 2.75) is 13.3 Å². The Morgan fingerprint density at radius 3 is 2.78 bits per heavy atom. The number of amides is 1. The fraction of sp³-hybridized carbons (Fsp3) is 0.143. The highest BCUT2D eigenvalue weighted by Gasteiger charge is 2.22. The molecule has 132 valence electrons. The summed E-state index contributed by atoms with van der Waals surface area (Å²) < 4.78 is 0. The summed E-state index contributed by atoms with van der Waals surface area (Å²) in [6.07, 6.45) is 0.941. The highest BCUT2D eigenvalue weighted by atomic mass is 16.1. The predicted molar refractivity (Wildman–Crippen MR) is 103 cm³/mol. The lowest BCUT2D eigenvalue weighted by molar-refractivity contribution is 0.102. The van der Waals surface area contributed by atoms with Crippen LogP contribution in [0.3, 0.4) is 0 Å². The van der Waals surface area contributed by atoms with Crippen molar-refractivity contribution in [2.24, 2.45) is 0 Å². The van der Waals surface area contributed by atoms with E-state index in [1.165, 1.54) is 5.56 Å². The van der Waals surface area contributed by atoms with Crippen LogP contribution in [-0.4, -0.2) is 22.4 Å². The molecule has 1 N–H and O–H groups in total. The van der Waals surface area contributed by atoms with E-state index < -0.39 is 0 Å². The number of benzene rings is 2. The Balaban J connectivity index is 1.65. The van der Waals surface area contributed by atoms with Gasteiger partial charge in [0.1, 0.15) is 23.4 Å². The van der Waals surface area contributed by atoms with E-state index in [4.69, 9.17) is 0 Å². The van der Waals surface area contributed by atoms with Gasteiger partial charge in [0.05, 0.1) is 11.3 Å². The predicted octanol–water partition coefficient (Wildman–Crippen LogP) is 3.60. The largest absolute Gasteiger partial charge is 0.326 e. The van der Waals surface area contributed by atoms with Gasteiger partial charge in [-0.2, -0.15) is 5.26 Å². The summed E-state index contributed by atoms with van der Waals surface area (Å²) in [4.78, 5) is 23.6. The van der Waals surface area contributed by atoms with Crippen LogP contribution in [0.25, 0.3) is 0 Å². The lowest BCUT2D eigenvalue weighted by Gasteiger charge is -2.19. The zero-order valence-corrected chi connectivity index (χ0v) is 14.8. The third-order valence-corrected chi connectivity index (χ3v) is 4.52. The lowest BCUT2D eigenvalue weighted by atomic mass is 10.2. The Bertz CT molecular complexity index is 1070. The minimum atomic E-state index is -0.364. The Morgan fingerprint density at radius 2 is 1.93 bits per heavy atom. The fourth-order valence-electron chi connectivity index (χ4n) is 3.26. The number of carbonyl (C=O) groups is 1. The van der Waals surface area contributed by atoms with Gasteiger partial charge in [-0.05, 0) is 37.1 Å². The number of nitrogens with one attached hydrogen (secondary N) is 1. The second kappa shape index (κ2) is 6.89. The van der Waals surface area contributed by atoms with Crippen LogP contribution < -0.4 is 10.2 Å². The second-order valence-corrected chi connectivity index (χ2v) is 6.30. The molecule has 3 aromatic rings. The number of para-hydroxylation sites is 2. The molecule has 0 radical (unpaired) electrons. The van der Waals surface area contributed by atoms with Crippen LogP contribution in [0.1, 0.15) is 27.4 Å². The number of rotatable bonds is 3. The number of nitrogens with zero attached hydrogens (tertiary/aromatic N) is 4. The SMILES string of the molecule is Cc1nc(C(=O)Nc2ccccc2C#N)cc(N2CCc3ccccc32)n1. The highest BCUT2D eigenvalue weighted by molar-refractivity contribution is 6.04. The molecule has 0 spiro atoms. The average Bonchev–Trinajstić information content (AvgIpc) is 3.12. The van der Waals surface area contributed by atoms with Crippen LogP contribution in [0.2, 0.25) is 0 Å². The van der Waals surface area contributed by atoms with Crippen molar-refractivity contribution in [3.63, 3.8) is 0 Å². The van der Waals surface area contributed by atoms with Gasteiger partial charge in [0, 0.05) is 18.3 Å². The third-order valence-electron chi connectivity index (χ3n) is 4.52. The van der Waals surface area contributed by atoms with Gasteiger partial charge in [-0.25, -0.2) is 9.97 Å². The second-order valence-electron chi connectivity index (χ2n) is 6.30. The molecule has 6 nitrogen and oxygen atoms in total. The first kappa shape index (κ1) is 16.7. The lowest BCUT2D eigenvalue weighted by Crippen LogP contribution is -2.20. The zero-order valence-electron chi connectivity index (χ0n) is 14.8. The van der Waals surface area contributed by atoms with Crippen LogP contribution in [0.15, 0.2) is 54.6 Å². The van der Waals surface area contributed by atoms with Crippen LogP contribution >= 0.6 is 0 Å². The van der Waals surface area contributed by atoms with E-state index in [-0.39, 0.29) is 11.6 Å². The molecular weight excluding hydrogens is 338 g/mol. The molecular formula is C21H17N5O. The van der Waals surface area contributed by atoms with E-state index in [9.17, 15) is 10.1 Å². The van der Waals surface area contributed by atoms with E-state index in [0.717, 1.165) is 18.7 Å². The van der Waals surface area contributed by atoms with E-state index in [1.807, 2.05) is 12.1 Å². The van der Waals surface area contributed by atoms with Gasteiger partial charge in [-0.1, -0.05) is 30.3 Å². The van der Waals surface area contributed by atoms with Crippen LogP contribution in [0, 0.1) is 18.3 Å². The van der Waals surface area contributed by atoms with Gasteiger partial charge in [-0.15, -0.1) is 0 Å². The Morgan fingerprint density at radius 1 is 1.15 bits per heavy atom. The summed E-state index contributed by atoms with van der Waals surface area (Å²) in [7, 11) is 0. The molecule has 0 saturated carbocycles. The number of aromatic nitrogens is 2. The molecule has 0 aliphatic carbocycles. The van der Waals surface area contributed by atoms with Gasteiger partial charge < -0.3 is 10.2 Å². The number of carbonyl (C=O) groups excluding carboxylic acids is 1. The van der Waals surface area contributed by atoms with E-state index in [2.05, 4.69) is 38.4 Å². The van der Waals surface area contributed by atoms with Crippen molar-refractivity contribution in [1.82, 2.24) is 9.97 Å².